The molecule has 0 saturated carbocycles. The van der Waals surface area contributed by atoms with E-state index in [0.717, 1.165) is 19.5 Å². The lowest BCUT2D eigenvalue weighted by molar-refractivity contribution is 0.162. The van der Waals surface area contributed by atoms with Gasteiger partial charge in [0.05, 0.1) is 17.9 Å². The Morgan fingerprint density at radius 3 is 2.55 bits per heavy atom. The van der Waals surface area contributed by atoms with E-state index in [1.165, 1.54) is 12.3 Å². The van der Waals surface area contributed by atoms with Crippen molar-refractivity contribution < 1.29 is 9.50 Å². The zero-order chi connectivity index (χ0) is 15.1. The Morgan fingerprint density at radius 2 is 2.05 bits per heavy atom. The van der Waals surface area contributed by atoms with Crippen LogP contribution < -0.4 is 5.73 Å². The zero-order valence-corrected chi connectivity index (χ0v) is 12.6. The molecule has 2 atom stereocenters. The fourth-order valence-corrected chi connectivity index (χ4v) is 2.19. The monoisotopic (exact) mass is 283 g/mol. The lowest BCUT2D eigenvalue weighted by atomic mass is 9.98. The molecule has 20 heavy (non-hydrogen) atoms. The summed E-state index contributed by atoms with van der Waals surface area (Å²) in [6.07, 6.45) is 1.96. The summed E-state index contributed by atoms with van der Waals surface area (Å²) in [5.74, 6) is -0.144. The Morgan fingerprint density at radius 1 is 1.35 bits per heavy atom. The number of aromatic nitrogens is 1. The number of aliphatic hydroxyl groups is 1. The Balaban J connectivity index is 2.62. The molecule has 0 bridgehead atoms. The summed E-state index contributed by atoms with van der Waals surface area (Å²) in [5, 5.41) is 8.95. The van der Waals surface area contributed by atoms with E-state index in [1.807, 2.05) is 0 Å². The van der Waals surface area contributed by atoms with Gasteiger partial charge in [-0.05, 0) is 38.3 Å². The third-order valence-corrected chi connectivity index (χ3v) is 3.56. The molecular formula is C15H26FN3O. The molecule has 4 nitrogen and oxygen atoms in total. The summed E-state index contributed by atoms with van der Waals surface area (Å²) in [6, 6.07) is 3.22. The minimum atomic E-state index is -0.347. The van der Waals surface area contributed by atoms with Gasteiger partial charge in [0.25, 0.3) is 0 Å². The van der Waals surface area contributed by atoms with Gasteiger partial charge in [-0.2, -0.15) is 0 Å². The first-order valence-corrected chi connectivity index (χ1v) is 7.17. The van der Waals surface area contributed by atoms with Crippen LogP contribution in [0.5, 0.6) is 0 Å². The van der Waals surface area contributed by atoms with Crippen LogP contribution in [-0.2, 0) is 0 Å². The number of rotatable bonds is 8. The number of hydrogen-bond donors (Lipinski definition) is 2. The van der Waals surface area contributed by atoms with Crippen LogP contribution in [0.15, 0.2) is 18.3 Å². The topological polar surface area (TPSA) is 62.4 Å². The molecule has 114 valence electrons. The molecule has 5 heteroatoms. The number of pyridine rings is 1. The molecule has 1 rings (SSSR count). The minimum absolute atomic E-state index is 0.198. The van der Waals surface area contributed by atoms with E-state index in [4.69, 9.17) is 10.8 Å². The van der Waals surface area contributed by atoms with Gasteiger partial charge in [-0.1, -0.05) is 6.92 Å². The molecule has 0 aliphatic rings. The molecule has 0 radical (unpaired) electrons. The lowest BCUT2D eigenvalue weighted by Gasteiger charge is -2.31. The van der Waals surface area contributed by atoms with Crippen molar-refractivity contribution in [3.63, 3.8) is 0 Å². The summed E-state index contributed by atoms with van der Waals surface area (Å²) in [7, 11) is 0. The second kappa shape index (κ2) is 8.29. The summed E-state index contributed by atoms with van der Waals surface area (Å²) in [5.41, 5.74) is 6.92. The van der Waals surface area contributed by atoms with Crippen LogP contribution in [-0.4, -0.2) is 40.7 Å². The van der Waals surface area contributed by atoms with E-state index in [1.54, 1.807) is 6.07 Å². The largest absolute Gasteiger partial charge is 0.396 e. The number of aliphatic hydroxyl groups excluding tert-OH is 1. The average molecular weight is 283 g/mol. The Labute approximate surface area is 120 Å². The standard InChI is InChI=1S/C15H26FN3O/c1-11(2)19(7-4-8-20)10-12(3)15(17)14-6-5-13(16)9-18-14/h5-6,9,11-12,15,20H,4,7-8,10,17H2,1-3H3. The van der Waals surface area contributed by atoms with E-state index in [-0.39, 0.29) is 24.4 Å². The molecule has 2 unspecified atom stereocenters. The third kappa shape index (κ3) is 5.15. The first kappa shape index (κ1) is 17.0. The second-order valence-electron chi connectivity index (χ2n) is 5.57. The molecule has 1 aromatic rings. The number of hydrogen-bond acceptors (Lipinski definition) is 4. The molecule has 0 aromatic carbocycles. The van der Waals surface area contributed by atoms with Gasteiger partial charge in [-0.15, -0.1) is 0 Å². The van der Waals surface area contributed by atoms with Gasteiger partial charge in [0, 0.05) is 25.7 Å². The number of nitrogens with zero attached hydrogens (tertiary/aromatic N) is 2. The molecular weight excluding hydrogens is 257 g/mol. The molecule has 0 aliphatic carbocycles. The Kier molecular flexibility index (Phi) is 7.05. The molecule has 1 aromatic heterocycles. The van der Waals surface area contributed by atoms with Crippen molar-refractivity contribution >= 4 is 0 Å². The Bertz CT molecular complexity index is 383. The van der Waals surface area contributed by atoms with Gasteiger partial charge in [0.2, 0.25) is 0 Å². The first-order valence-electron chi connectivity index (χ1n) is 7.17. The van der Waals surface area contributed by atoms with Crippen molar-refractivity contribution in [2.24, 2.45) is 11.7 Å². The lowest BCUT2D eigenvalue weighted by Crippen LogP contribution is -2.39. The average Bonchev–Trinajstić information content (AvgIpc) is 2.42. The summed E-state index contributed by atoms with van der Waals surface area (Å²) in [6.45, 7) is 8.21. The highest BCUT2D eigenvalue weighted by Crippen LogP contribution is 2.19. The van der Waals surface area contributed by atoms with E-state index >= 15 is 0 Å². The number of nitrogens with two attached hydrogens (primary N) is 1. The molecule has 0 spiro atoms. The van der Waals surface area contributed by atoms with Gasteiger partial charge in [-0.25, -0.2) is 4.39 Å². The highest BCUT2D eigenvalue weighted by Gasteiger charge is 2.20. The highest BCUT2D eigenvalue weighted by atomic mass is 19.1. The van der Waals surface area contributed by atoms with Crippen molar-refractivity contribution in [3.05, 3.63) is 29.8 Å². The van der Waals surface area contributed by atoms with Crippen LogP contribution in [0.4, 0.5) is 4.39 Å². The molecule has 0 amide bonds. The van der Waals surface area contributed by atoms with Crippen molar-refractivity contribution in [1.29, 1.82) is 0 Å². The van der Waals surface area contributed by atoms with E-state index < -0.39 is 0 Å². The molecule has 1 heterocycles. The van der Waals surface area contributed by atoms with E-state index in [9.17, 15) is 4.39 Å². The quantitative estimate of drug-likeness (QED) is 0.765. The van der Waals surface area contributed by atoms with Gasteiger partial charge in [0.15, 0.2) is 0 Å². The van der Waals surface area contributed by atoms with Crippen LogP contribution in [0, 0.1) is 11.7 Å². The highest BCUT2D eigenvalue weighted by molar-refractivity contribution is 5.10. The third-order valence-electron chi connectivity index (χ3n) is 3.56. The predicted molar refractivity (Wildman–Crippen MR) is 78.7 cm³/mol. The molecule has 0 saturated heterocycles. The van der Waals surface area contributed by atoms with Gasteiger partial charge in [0.1, 0.15) is 5.82 Å². The van der Waals surface area contributed by atoms with Crippen molar-refractivity contribution in [2.75, 3.05) is 19.7 Å². The Hall–Kier alpha value is -1.04. The van der Waals surface area contributed by atoms with Crippen LogP contribution in [0.25, 0.3) is 0 Å². The maximum atomic E-state index is 12.9. The molecule has 3 N–H and O–H groups in total. The summed E-state index contributed by atoms with van der Waals surface area (Å²) < 4.78 is 12.9. The predicted octanol–water partition coefficient (Wildman–Crippen LogP) is 1.95. The van der Waals surface area contributed by atoms with Crippen LogP contribution in [0.2, 0.25) is 0 Å². The fraction of sp³-hybridized carbons (Fsp3) is 0.667. The van der Waals surface area contributed by atoms with Crippen molar-refractivity contribution in [2.45, 2.75) is 39.3 Å². The SMILES string of the molecule is CC(CN(CCCO)C(C)C)C(N)c1ccc(F)cn1. The van der Waals surface area contributed by atoms with Gasteiger partial charge in [-0.3, -0.25) is 4.98 Å². The van der Waals surface area contributed by atoms with Crippen LogP contribution in [0.1, 0.15) is 38.9 Å². The van der Waals surface area contributed by atoms with Gasteiger partial charge >= 0.3 is 0 Å². The van der Waals surface area contributed by atoms with E-state index in [2.05, 4.69) is 30.7 Å². The first-order chi connectivity index (χ1) is 9.45. The summed E-state index contributed by atoms with van der Waals surface area (Å²) >= 11 is 0. The van der Waals surface area contributed by atoms with Crippen LogP contribution >= 0.6 is 0 Å². The number of halogens is 1. The fourth-order valence-electron chi connectivity index (χ4n) is 2.19. The second-order valence-corrected chi connectivity index (χ2v) is 5.57. The molecule has 0 fully saturated rings. The maximum absolute atomic E-state index is 12.9. The van der Waals surface area contributed by atoms with Crippen molar-refractivity contribution in [3.8, 4) is 0 Å². The van der Waals surface area contributed by atoms with Crippen LogP contribution in [0.3, 0.4) is 0 Å². The maximum Gasteiger partial charge on any atom is 0.141 e. The summed E-state index contributed by atoms with van der Waals surface area (Å²) in [4.78, 5) is 6.35. The zero-order valence-electron chi connectivity index (χ0n) is 12.6. The normalized spacial score (nSPS) is 14.8. The minimum Gasteiger partial charge on any atom is -0.396 e. The smallest absolute Gasteiger partial charge is 0.141 e. The van der Waals surface area contributed by atoms with Gasteiger partial charge < -0.3 is 15.7 Å². The molecule has 0 aliphatic heterocycles. The van der Waals surface area contributed by atoms with Crippen molar-refractivity contribution in [1.82, 2.24) is 9.88 Å². The van der Waals surface area contributed by atoms with E-state index in [0.29, 0.717) is 11.7 Å².